The van der Waals surface area contributed by atoms with E-state index >= 15 is 0 Å². The molecule has 2 N–H and O–H groups in total. The summed E-state index contributed by atoms with van der Waals surface area (Å²) in [5.74, 6) is -1.30. The number of hydrogen-bond donors (Lipinski definition) is 2. The molecule has 0 radical (unpaired) electrons. The average Bonchev–Trinajstić information content (AvgIpc) is 1.78. The van der Waals surface area contributed by atoms with Crippen LogP contribution in [0.1, 0.15) is 20.8 Å². The maximum Gasteiger partial charge on any atom is 0.239 e. The molecule has 1 aliphatic rings. The van der Waals surface area contributed by atoms with Crippen molar-refractivity contribution < 1.29 is 9.59 Å². The van der Waals surface area contributed by atoms with Crippen molar-refractivity contribution in [3.05, 3.63) is 0 Å². The van der Waals surface area contributed by atoms with E-state index < -0.39 is 5.92 Å². The van der Waals surface area contributed by atoms with Gasteiger partial charge < -0.3 is 10.6 Å². The van der Waals surface area contributed by atoms with Crippen LogP contribution >= 0.6 is 12.2 Å². The van der Waals surface area contributed by atoms with Crippen LogP contribution in [0, 0.1) is 11.3 Å². The van der Waals surface area contributed by atoms with E-state index in [-0.39, 0.29) is 22.3 Å². The molecule has 1 heterocycles. The van der Waals surface area contributed by atoms with Gasteiger partial charge >= 0.3 is 0 Å². The predicted molar refractivity (Wildman–Crippen MR) is 51.8 cm³/mol. The van der Waals surface area contributed by atoms with Gasteiger partial charge in [0.2, 0.25) is 11.8 Å². The fourth-order valence-corrected chi connectivity index (χ4v) is 1.51. The lowest BCUT2D eigenvalue weighted by molar-refractivity contribution is -0.139. The van der Waals surface area contributed by atoms with Crippen molar-refractivity contribution in [2.24, 2.45) is 11.3 Å². The third kappa shape index (κ3) is 2.03. The van der Waals surface area contributed by atoms with Crippen molar-refractivity contribution in [2.75, 3.05) is 0 Å². The van der Waals surface area contributed by atoms with Crippen LogP contribution in [0.25, 0.3) is 0 Å². The van der Waals surface area contributed by atoms with Crippen LogP contribution in [0.5, 0.6) is 0 Å². The van der Waals surface area contributed by atoms with Gasteiger partial charge in [-0.25, -0.2) is 0 Å². The van der Waals surface area contributed by atoms with Gasteiger partial charge in [0, 0.05) is 0 Å². The second-order valence-electron chi connectivity index (χ2n) is 4.11. The number of rotatable bonds is 0. The van der Waals surface area contributed by atoms with E-state index in [9.17, 15) is 9.59 Å². The molecule has 5 heteroatoms. The molecule has 0 saturated carbocycles. The summed E-state index contributed by atoms with van der Waals surface area (Å²) in [6.45, 7) is 5.52. The minimum atomic E-state index is -0.667. The normalized spacial score (nSPS) is 19.8. The third-order valence-electron chi connectivity index (χ3n) is 1.86. The van der Waals surface area contributed by atoms with Crippen molar-refractivity contribution in [3.63, 3.8) is 0 Å². The lowest BCUT2D eigenvalue weighted by Crippen LogP contribution is -2.58. The molecule has 4 nitrogen and oxygen atoms in total. The fraction of sp³-hybridized carbons (Fsp3) is 0.625. The molecule has 1 fully saturated rings. The topological polar surface area (TPSA) is 58.2 Å². The zero-order chi connectivity index (χ0) is 10.2. The molecule has 1 saturated heterocycles. The average molecular weight is 200 g/mol. The molecule has 0 aromatic carbocycles. The number of nitrogens with one attached hydrogen (secondary N) is 2. The predicted octanol–water partition coefficient (Wildman–Crippen LogP) is 0.180. The molecule has 0 spiro atoms. The highest BCUT2D eigenvalue weighted by Crippen LogP contribution is 2.27. The Morgan fingerprint density at radius 3 is 1.85 bits per heavy atom. The Hall–Kier alpha value is -0.970. The Balaban J connectivity index is 2.92. The van der Waals surface area contributed by atoms with Gasteiger partial charge in [0.05, 0.1) is 0 Å². The highest BCUT2D eigenvalue weighted by atomic mass is 32.1. The molecule has 0 unspecified atom stereocenters. The molecule has 0 atom stereocenters. The van der Waals surface area contributed by atoms with Crippen molar-refractivity contribution in [3.8, 4) is 0 Å². The van der Waals surface area contributed by atoms with Gasteiger partial charge in [0.1, 0.15) is 5.92 Å². The van der Waals surface area contributed by atoms with E-state index in [0.717, 1.165) is 0 Å². The van der Waals surface area contributed by atoms with Gasteiger partial charge in [0.15, 0.2) is 5.11 Å². The minimum Gasteiger partial charge on any atom is -0.302 e. The van der Waals surface area contributed by atoms with Crippen molar-refractivity contribution in [1.29, 1.82) is 0 Å². The van der Waals surface area contributed by atoms with Crippen LogP contribution in [-0.4, -0.2) is 16.9 Å². The summed E-state index contributed by atoms with van der Waals surface area (Å²) in [4.78, 5) is 22.8. The monoisotopic (exact) mass is 200 g/mol. The number of amides is 2. The molecule has 0 aromatic heterocycles. The first kappa shape index (κ1) is 10.1. The van der Waals surface area contributed by atoms with Crippen LogP contribution in [-0.2, 0) is 9.59 Å². The molecule has 2 amide bonds. The highest BCUT2D eigenvalue weighted by Gasteiger charge is 2.41. The summed E-state index contributed by atoms with van der Waals surface area (Å²) in [7, 11) is 0. The maximum absolute atomic E-state index is 11.4. The van der Waals surface area contributed by atoms with Crippen LogP contribution in [0.2, 0.25) is 0 Å². The molecule has 0 bridgehead atoms. The first-order valence-corrected chi connectivity index (χ1v) is 4.39. The Kier molecular flexibility index (Phi) is 2.38. The molecular formula is C8H12N2O2S. The Morgan fingerprint density at radius 2 is 1.54 bits per heavy atom. The molecule has 72 valence electrons. The summed E-state index contributed by atoms with van der Waals surface area (Å²) in [6, 6.07) is 0. The third-order valence-corrected chi connectivity index (χ3v) is 2.07. The summed E-state index contributed by atoms with van der Waals surface area (Å²) in [5, 5.41) is 4.95. The SMILES string of the molecule is CC(C)(C)C1C(=O)NC(=S)NC1=O. The van der Waals surface area contributed by atoms with Crippen LogP contribution in [0.15, 0.2) is 0 Å². The lowest BCUT2D eigenvalue weighted by atomic mass is 9.79. The zero-order valence-electron chi connectivity index (χ0n) is 7.80. The highest BCUT2D eigenvalue weighted by molar-refractivity contribution is 7.80. The van der Waals surface area contributed by atoms with Crippen molar-refractivity contribution >= 4 is 29.1 Å². The van der Waals surface area contributed by atoms with Crippen LogP contribution in [0.4, 0.5) is 0 Å². The Labute approximate surface area is 82.1 Å². The van der Waals surface area contributed by atoms with Crippen molar-refractivity contribution in [1.82, 2.24) is 10.6 Å². The number of thiocarbonyl (C=S) groups is 1. The first-order valence-electron chi connectivity index (χ1n) is 3.98. The molecule has 1 rings (SSSR count). The molecule has 0 aliphatic carbocycles. The van der Waals surface area contributed by atoms with E-state index in [0.29, 0.717) is 0 Å². The number of carbonyl (C=O) groups excluding carboxylic acids is 2. The molecule has 1 aliphatic heterocycles. The summed E-state index contributed by atoms with van der Waals surface area (Å²) >= 11 is 4.67. The number of carbonyl (C=O) groups is 2. The first-order chi connectivity index (χ1) is 5.82. The number of hydrogen-bond acceptors (Lipinski definition) is 3. The Morgan fingerprint density at radius 1 is 1.15 bits per heavy atom. The van der Waals surface area contributed by atoms with E-state index in [4.69, 9.17) is 0 Å². The van der Waals surface area contributed by atoms with E-state index in [2.05, 4.69) is 22.9 Å². The molecule has 13 heavy (non-hydrogen) atoms. The summed E-state index contributed by atoms with van der Waals surface area (Å²) < 4.78 is 0. The van der Waals surface area contributed by atoms with Crippen LogP contribution in [0.3, 0.4) is 0 Å². The van der Waals surface area contributed by atoms with E-state index in [1.54, 1.807) is 0 Å². The minimum absolute atomic E-state index is 0.0931. The van der Waals surface area contributed by atoms with Gasteiger partial charge in [-0.2, -0.15) is 0 Å². The quantitative estimate of drug-likeness (QED) is 0.433. The fourth-order valence-electron chi connectivity index (χ4n) is 1.31. The second kappa shape index (κ2) is 3.06. The molecule has 0 aromatic rings. The van der Waals surface area contributed by atoms with Crippen molar-refractivity contribution in [2.45, 2.75) is 20.8 Å². The van der Waals surface area contributed by atoms with E-state index in [1.807, 2.05) is 20.8 Å². The standard InChI is InChI=1S/C8H12N2O2S/c1-8(2,3)4-5(11)9-7(13)10-6(4)12/h4H,1-3H3,(H2,9,10,11,12,13). The lowest BCUT2D eigenvalue weighted by Gasteiger charge is -2.31. The smallest absolute Gasteiger partial charge is 0.239 e. The Bertz CT molecular complexity index is 260. The van der Waals surface area contributed by atoms with Gasteiger partial charge in [0.25, 0.3) is 0 Å². The molecular weight excluding hydrogens is 188 g/mol. The second-order valence-corrected chi connectivity index (χ2v) is 4.51. The maximum atomic E-state index is 11.4. The van der Waals surface area contributed by atoms with Crippen LogP contribution < -0.4 is 10.6 Å². The van der Waals surface area contributed by atoms with Gasteiger partial charge in [-0.3, -0.25) is 9.59 Å². The largest absolute Gasteiger partial charge is 0.302 e. The van der Waals surface area contributed by atoms with E-state index in [1.165, 1.54) is 0 Å². The summed E-state index contributed by atoms with van der Waals surface area (Å²) in [6.07, 6.45) is 0. The van der Waals surface area contributed by atoms with Gasteiger partial charge in [-0.05, 0) is 17.6 Å². The van der Waals surface area contributed by atoms with Gasteiger partial charge in [-0.1, -0.05) is 20.8 Å². The summed E-state index contributed by atoms with van der Waals surface area (Å²) in [5.41, 5.74) is -0.385. The van der Waals surface area contributed by atoms with Gasteiger partial charge in [-0.15, -0.1) is 0 Å². The zero-order valence-corrected chi connectivity index (χ0v) is 8.62.